The first kappa shape index (κ1) is 20.0. The van der Waals surface area contributed by atoms with Crippen molar-refractivity contribution in [3.8, 4) is 0 Å². The fraction of sp³-hybridized carbons (Fsp3) is 0.421. The fourth-order valence-electron chi connectivity index (χ4n) is 3.75. The van der Waals surface area contributed by atoms with Crippen LogP contribution in [0.1, 0.15) is 34.6 Å². The van der Waals surface area contributed by atoms with E-state index in [1.54, 1.807) is 16.5 Å². The van der Waals surface area contributed by atoms with Crippen molar-refractivity contribution in [2.24, 2.45) is 5.92 Å². The lowest BCUT2D eigenvalue weighted by atomic mass is 9.97. The zero-order chi connectivity index (χ0) is 21.5. The number of H-pyrrole nitrogens is 1. The van der Waals surface area contributed by atoms with Crippen LogP contribution in [0, 0.1) is 12.8 Å². The highest BCUT2D eigenvalue weighted by Crippen LogP contribution is 2.30. The van der Waals surface area contributed by atoms with Crippen LogP contribution in [0.25, 0.3) is 11.2 Å². The van der Waals surface area contributed by atoms with Gasteiger partial charge >= 0.3 is 6.18 Å². The number of carbonyl (C=O) groups is 1. The molecule has 4 rings (SSSR count). The number of hydrogen-bond donors (Lipinski definition) is 1. The number of piperidine rings is 1. The van der Waals surface area contributed by atoms with Gasteiger partial charge in [0.25, 0.3) is 11.5 Å². The van der Waals surface area contributed by atoms with Crippen molar-refractivity contribution in [2.75, 3.05) is 13.1 Å². The maximum Gasteiger partial charge on any atom is 0.416 e. The van der Waals surface area contributed by atoms with Gasteiger partial charge in [0, 0.05) is 25.2 Å². The highest BCUT2D eigenvalue weighted by molar-refractivity contribution is 5.94. The first-order chi connectivity index (χ1) is 14.2. The summed E-state index contributed by atoms with van der Waals surface area (Å²) in [6.45, 7) is 2.91. The van der Waals surface area contributed by atoms with Gasteiger partial charge in [0.05, 0.1) is 5.56 Å². The van der Waals surface area contributed by atoms with Crippen LogP contribution in [0.5, 0.6) is 0 Å². The van der Waals surface area contributed by atoms with Gasteiger partial charge in [-0.15, -0.1) is 5.10 Å². The lowest BCUT2D eigenvalue weighted by Gasteiger charge is -2.32. The number of aryl methyl sites for hydroxylation is 1. The van der Waals surface area contributed by atoms with E-state index in [1.165, 1.54) is 12.1 Å². The number of rotatable bonds is 3. The smallest absolute Gasteiger partial charge is 0.338 e. The molecule has 3 heterocycles. The normalized spacial score (nSPS) is 17.5. The van der Waals surface area contributed by atoms with Crippen molar-refractivity contribution < 1.29 is 18.0 Å². The predicted octanol–water partition coefficient (Wildman–Crippen LogP) is 2.39. The molecule has 1 fully saturated rings. The number of fused-ring (bicyclic) bond motifs is 1. The molecule has 3 aromatic rings. The van der Waals surface area contributed by atoms with Crippen LogP contribution in [0.15, 0.2) is 29.1 Å². The number of alkyl halides is 3. The molecule has 1 atom stereocenters. The molecule has 30 heavy (non-hydrogen) atoms. The van der Waals surface area contributed by atoms with Crippen molar-refractivity contribution >= 4 is 17.1 Å². The molecule has 0 aliphatic carbocycles. The number of amides is 1. The molecule has 0 saturated carbocycles. The molecule has 1 saturated heterocycles. The van der Waals surface area contributed by atoms with E-state index >= 15 is 0 Å². The van der Waals surface area contributed by atoms with E-state index < -0.39 is 17.6 Å². The quantitative estimate of drug-likeness (QED) is 0.702. The first-order valence-corrected chi connectivity index (χ1v) is 9.49. The number of aromatic amines is 1. The van der Waals surface area contributed by atoms with Gasteiger partial charge in [-0.25, -0.2) is 9.67 Å². The Hall–Kier alpha value is -3.24. The van der Waals surface area contributed by atoms with Crippen molar-refractivity contribution in [3.63, 3.8) is 0 Å². The molecule has 0 bridgehead atoms. The Morgan fingerprint density at radius 2 is 2.13 bits per heavy atom. The number of aromatic nitrogens is 5. The lowest BCUT2D eigenvalue weighted by Crippen LogP contribution is -2.41. The van der Waals surface area contributed by atoms with E-state index in [9.17, 15) is 22.8 Å². The average Bonchev–Trinajstić information content (AvgIpc) is 3.10. The van der Waals surface area contributed by atoms with Gasteiger partial charge in [-0.2, -0.15) is 13.2 Å². The molecule has 1 aliphatic rings. The minimum Gasteiger partial charge on any atom is -0.338 e. The summed E-state index contributed by atoms with van der Waals surface area (Å²) in [5.74, 6) is 0.0282. The molecule has 8 nitrogen and oxygen atoms in total. The predicted molar refractivity (Wildman–Crippen MR) is 101 cm³/mol. The maximum atomic E-state index is 13.0. The zero-order valence-corrected chi connectivity index (χ0v) is 16.1. The van der Waals surface area contributed by atoms with Crippen LogP contribution in [0.2, 0.25) is 0 Å². The number of hydrogen-bond acceptors (Lipinski definition) is 5. The second-order valence-corrected chi connectivity index (χ2v) is 7.43. The Morgan fingerprint density at radius 3 is 2.90 bits per heavy atom. The molecule has 0 unspecified atom stereocenters. The summed E-state index contributed by atoms with van der Waals surface area (Å²) < 4.78 is 40.4. The number of benzene rings is 1. The first-order valence-electron chi connectivity index (χ1n) is 9.49. The summed E-state index contributed by atoms with van der Waals surface area (Å²) in [7, 11) is 0. The third-order valence-electron chi connectivity index (χ3n) is 5.17. The van der Waals surface area contributed by atoms with Gasteiger partial charge in [-0.05, 0) is 43.9 Å². The summed E-state index contributed by atoms with van der Waals surface area (Å²) >= 11 is 0. The summed E-state index contributed by atoms with van der Waals surface area (Å²) in [6.07, 6.45) is -2.97. The van der Waals surface area contributed by atoms with E-state index in [2.05, 4.69) is 20.3 Å². The van der Waals surface area contributed by atoms with Gasteiger partial charge < -0.3 is 9.88 Å². The van der Waals surface area contributed by atoms with E-state index in [0.29, 0.717) is 31.1 Å². The second kappa shape index (κ2) is 7.54. The van der Waals surface area contributed by atoms with Crippen LogP contribution in [-0.4, -0.2) is 48.9 Å². The third-order valence-corrected chi connectivity index (χ3v) is 5.17. The van der Waals surface area contributed by atoms with Crippen LogP contribution in [0.3, 0.4) is 0 Å². The molecule has 0 radical (unpaired) electrons. The average molecular weight is 420 g/mol. The molecule has 1 amide bonds. The topological polar surface area (TPSA) is 96.8 Å². The van der Waals surface area contributed by atoms with E-state index in [1.807, 2.05) is 0 Å². The second-order valence-electron chi connectivity index (χ2n) is 7.43. The lowest BCUT2D eigenvalue weighted by molar-refractivity contribution is -0.137. The molecular weight excluding hydrogens is 401 g/mol. The molecule has 1 N–H and O–H groups in total. The highest BCUT2D eigenvalue weighted by atomic mass is 19.4. The number of likely N-dealkylation sites (tertiary alicyclic amines) is 1. The SMILES string of the molecule is Cc1nc2c(nnn2C[C@@H]2CCCN(C(=O)c3cccc(C(F)(F)F)c3)C2)c(=O)[nH]1. The molecule has 0 spiro atoms. The molecule has 1 aromatic carbocycles. The summed E-state index contributed by atoms with van der Waals surface area (Å²) in [4.78, 5) is 33.2. The maximum absolute atomic E-state index is 13.0. The summed E-state index contributed by atoms with van der Waals surface area (Å²) in [6, 6.07) is 4.47. The number of nitrogens with one attached hydrogen (secondary N) is 1. The Labute approximate surface area is 168 Å². The van der Waals surface area contributed by atoms with Gasteiger partial charge in [-0.1, -0.05) is 11.3 Å². The Kier molecular flexibility index (Phi) is 5.04. The number of halogens is 3. The zero-order valence-electron chi connectivity index (χ0n) is 16.1. The minimum absolute atomic E-state index is 0.0137. The monoisotopic (exact) mass is 420 g/mol. The van der Waals surface area contributed by atoms with Crippen molar-refractivity contribution in [1.29, 1.82) is 0 Å². The Balaban J connectivity index is 1.52. The van der Waals surface area contributed by atoms with Crippen molar-refractivity contribution in [1.82, 2.24) is 29.9 Å². The van der Waals surface area contributed by atoms with Crippen LogP contribution in [-0.2, 0) is 12.7 Å². The van der Waals surface area contributed by atoms with Crippen molar-refractivity contribution in [2.45, 2.75) is 32.5 Å². The molecular formula is C19H19F3N6O2. The molecule has 2 aromatic heterocycles. The Morgan fingerprint density at radius 1 is 1.33 bits per heavy atom. The van der Waals surface area contributed by atoms with E-state index in [4.69, 9.17) is 0 Å². The van der Waals surface area contributed by atoms with Gasteiger partial charge in [-0.3, -0.25) is 9.59 Å². The Bertz CT molecular complexity index is 1150. The minimum atomic E-state index is -4.50. The van der Waals surface area contributed by atoms with Gasteiger partial charge in [0.15, 0.2) is 11.2 Å². The summed E-state index contributed by atoms with van der Waals surface area (Å²) in [5.41, 5.74) is -0.678. The van der Waals surface area contributed by atoms with Crippen LogP contribution >= 0.6 is 0 Å². The van der Waals surface area contributed by atoms with Gasteiger partial charge in [0.1, 0.15) is 5.82 Å². The fourth-order valence-corrected chi connectivity index (χ4v) is 3.75. The number of carbonyl (C=O) groups excluding carboxylic acids is 1. The standard InChI is InChI=1S/C19H19F3N6O2/c1-11-23-16-15(17(29)24-11)25-26-28(16)10-12-4-3-7-27(9-12)18(30)13-5-2-6-14(8-13)19(20,21)22/h2,5-6,8,12H,3-4,7,9-10H2,1H3,(H,23,24,29)/t12-/m1/s1. The third kappa shape index (κ3) is 3.91. The van der Waals surface area contributed by atoms with Crippen molar-refractivity contribution in [3.05, 3.63) is 51.6 Å². The number of nitrogens with zero attached hydrogens (tertiary/aromatic N) is 5. The molecule has 158 valence electrons. The van der Waals surface area contributed by atoms with E-state index in [0.717, 1.165) is 25.0 Å². The largest absolute Gasteiger partial charge is 0.416 e. The molecule has 11 heteroatoms. The molecule has 1 aliphatic heterocycles. The summed E-state index contributed by atoms with van der Waals surface area (Å²) in [5, 5.41) is 7.89. The van der Waals surface area contributed by atoms with Crippen LogP contribution in [0.4, 0.5) is 13.2 Å². The highest BCUT2D eigenvalue weighted by Gasteiger charge is 2.32. The van der Waals surface area contributed by atoms with Crippen LogP contribution < -0.4 is 5.56 Å². The van der Waals surface area contributed by atoms with Gasteiger partial charge in [0.2, 0.25) is 0 Å². The van der Waals surface area contributed by atoms with E-state index in [-0.39, 0.29) is 22.6 Å².